The predicted molar refractivity (Wildman–Crippen MR) is 120 cm³/mol. The summed E-state index contributed by atoms with van der Waals surface area (Å²) in [5.74, 6) is 2.38. The molecule has 174 valence electrons. The fraction of sp³-hybridized carbons (Fsp3) is 0.375. The number of fused-ring (bicyclic) bond motifs is 1. The molecule has 2 aromatic carbocycles. The Bertz CT molecular complexity index is 1090. The molecule has 8 nitrogen and oxygen atoms in total. The van der Waals surface area contributed by atoms with E-state index >= 15 is 0 Å². The molecular weight excluding hydrogens is 425 g/mol. The normalized spacial score (nSPS) is 14.8. The topological polar surface area (TPSA) is 81.5 Å². The van der Waals surface area contributed by atoms with Gasteiger partial charge in [0.15, 0.2) is 12.4 Å². The lowest BCUT2D eigenvalue weighted by molar-refractivity contribution is -0.123. The van der Waals surface area contributed by atoms with Crippen LogP contribution in [0.2, 0.25) is 0 Å². The van der Waals surface area contributed by atoms with Crippen molar-refractivity contribution in [3.63, 3.8) is 0 Å². The Balaban J connectivity index is 1.35. The van der Waals surface area contributed by atoms with Crippen molar-refractivity contribution in [3.05, 3.63) is 71.6 Å². The summed E-state index contributed by atoms with van der Waals surface area (Å²) in [6.45, 7) is 4.40. The second-order valence-electron chi connectivity index (χ2n) is 8.00. The highest BCUT2D eigenvalue weighted by Gasteiger charge is 2.23. The Morgan fingerprint density at radius 3 is 2.73 bits per heavy atom. The van der Waals surface area contributed by atoms with Crippen molar-refractivity contribution >= 4 is 5.91 Å². The van der Waals surface area contributed by atoms with Gasteiger partial charge in [0.1, 0.15) is 23.1 Å². The summed E-state index contributed by atoms with van der Waals surface area (Å²) in [5, 5.41) is 11.6. The standard InChI is InChI=1S/C24H28FN5O3/c1-17(26-23(31)16-33-19-6-4-3-5-7-19)24-28-27-22-10-11-29(12-13-30(22)24)15-18-14-20(32-2)8-9-21(18)25/h3-9,14,17H,10-13,15-16H2,1-2H3,(H,26,31)/t17-/m0/s1. The molecule has 0 saturated carbocycles. The monoisotopic (exact) mass is 453 g/mol. The van der Waals surface area contributed by atoms with Crippen molar-refractivity contribution in [3.8, 4) is 11.5 Å². The number of halogens is 1. The van der Waals surface area contributed by atoms with Crippen LogP contribution in [-0.2, 0) is 24.3 Å². The number of aromatic nitrogens is 3. The summed E-state index contributed by atoms with van der Waals surface area (Å²) in [7, 11) is 1.57. The molecular formula is C24H28FN5O3. The zero-order valence-corrected chi connectivity index (χ0v) is 18.8. The average molecular weight is 454 g/mol. The van der Waals surface area contributed by atoms with Gasteiger partial charge in [-0.15, -0.1) is 10.2 Å². The smallest absolute Gasteiger partial charge is 0.258 e. The molecule has 0 fully saturated rings. The van der Waals surface area contributed by atoms with E-state index in [9.17, 15) is 9.18 Å². The van der Waals surface area contributed by atoms with Crippen molar-refractivity contribution < 1.29 is 18.7 Å². The van der Waals surface area contributed by atoms with Crippen LogP contribution in [0.3, 0.4) is 0 Å². The van der Waals surface area contributed by atoms with E-state index in [1.54, 1.807) is 31.4 Å². The van der Waals surface area contributed by atoms with Gasteiger partial charge in [-0.2, -0.15) is 0 Å². The van der Waals surface area contributed by atoms with Crippen LogP contribution in [0.4, 0.5) is 4.39 Å². The van der Waals surface area contributed by atoms with Crippen molar-refractivity contribution in [1.82, 2.24) is 25.0 Å². The van der Waals surface area contributed by atoms with E-state index in [0.717, 1.165) is 12.4 Å². The highest BCUT2D eigenvalue weighted by molar-refractivity contribution is 5.77. The number of carbonyl (C=O) groups excluding carboxylic acids is 1. The Morgan fingerprint density at radius 1 is 1.12 bits per heavy atom. The SMILES string of the molecule is COc1ccc(F)c(CN2CCc3nnc([C@H](C)NC(=O)COc4ccccc4)n3CC2)c1. The number of para-hydroxylation sites is 1. The number of hydrogen-bond donors (Lipinski definition) is 1. The van der Waals surface area contributed by atoms with Gasteiger partial charge in [-0.25, -0.2) is 4.39 Å². The minimum Gasteiger partial charge on any atom is -0.497 e. The van der Waals surface area contributed by atoms with E-state index in [2.05, 4.69) is 20.4 Å². The third-order valence-electron chi connectivity index (χ3n) is 5.67. The second kappa shape index (κ2) is 10.4. The summed E-state index contributed by atoms with van der Waals surface area (Å²) in [4.78, 5) is 14.5. The van der Waals surface area contributed by atoms with Crippen LogP contribution >= 0.6 is 0 Å². The summed E-state index contributed by atoms with van der Waals surface area (Å²) in [5.41, 5.74) is 0.603. The van der Waals surface area contributed by atoms with Crippen LogP contribution in [0.5, 0.6) is 11.5 Å². The van der Waals surface area contributed by atoms with Crippen molar-refractivity contribution in [2.24, 2.45) is 0 Å². The van der Waals surface area contributed by atoms with Gasteiger partial charge in [0.2, 0.25) is 0 Å². The molecule has 33 heavy (non-hydrogen) atoms. The first kappa shape index (κ1) is 22.7. The zero-order chi connectivity index (χ0) is 23.2. The number of nitrogens with one attached hydrogen (secondary N) is 1. The van der Waals surface area contributed by atoms with Gasteiger partial charge in [-0.3, -0.25) is 9.69 Å². The minimum absolute atomic E-state index is 0.0742. The number of amides is 1. The van der Waals surface area contributed by atoms with E-state index in [1.807, 2.05) is 29.7 Å². The fourth-order valence-electron chi connectivity index (χ4n) is 3.92. The lowest BCUT2D eigenvalue weighted by Crippen LogP contribution is -2.33. The number of rotatable bonds is 8. The van der Waals surface area contributed by atoms with Gasteiger partial charge >= 0.3 is 0 Å². The Morgan fingerprint density at radius 2 is 1.94 bits per heavy atom. The first-order valence-electron chi connectivity index (χ1n) is 11.0. The molecule has 0 spiro atoms. The molecule has 1 amide bonds. The Kier molecular flexibility index (Phi) is 7.19. The Labute approximate surface area is 192 Å². The minimum atomic E-state index is -0.319. The van der Waals surface area contributed by atoms with E-state index in [4.69, 9.17) is 9.47 Å². The average Bonchev–Trinajstić information content (AvgIpc) is 3.14. The molecule has 1 aliphatic heterocycles. The molecule has 4 rings (SSSR count). The number of benzene rings is 2. The first-order chi connectivity index (χ1) is 16.0. The molecule has 1 N–H and O–H groups in total. The van der Waals surface area contributed by atoms with Crippen LogP contribution in [0.15, 0.2) is 48.5 Å². The summed E-state index contributed by atoms with van der Waals surface area (Å²) in [6, 6.07) is 13.7. The highest BCUT2D eigenvalue weighted by atomic mass is 19.1. The third-order valence-corrected chi connectivity index (χ3v) is 5.67. The number of hydrogen-bond acceptors (Lipinski definition) is 6. The molecule has 9 heteroatoms. The molecule has 1 aromatic heterocycles. The largest absolute Gasteiger partial charge is 0.497 e. The Hall–Kier alpha value is -3.46. The summed E-state index contributed by atoms with van der Waals surface area (Å²) in [6.07, 6.45) is 0.691. The van der Waals surface area contributed by atoms with Gasteiger partial charge in [0.25, 0.3) is 5.91 Å². The maximum Gasteiger partial charge on any atom is 0.258 e. The molecule has 2 heterocycles. The summed E-state index contributed by atoms with van der Waals surface area (Å²) >= 11 is 0. The molecule has 0 unspecified atom stereocenters. The van der Waals surface area contributed by atoms with E-state index in [0.29, 0.717) is 48.9 Å². The fourth-order valence-corrected chi connectivity index (χ4v) is 3.92. The molecule has 0 bridgehead atoms. The number of nitrogens with zero attached hydrogens (tertiary/aromatic N) is 4. The van der Waals surface area contributed by atoms with Crippen LogP contribution in [0.1, 0.15) is 30.2 Å². The maximum atomic E-state index is 14.3. The number of carbonyl (C=O) groups is 1. The van der Waals surface area contributed by atoms with E-state index in [-0.39, 0.29) is 24.4 Å². The van der Waals surface area contributed by atoms with Crippen LogP contribution in [-0.4, -0.2) is 52.4 Å². The van der Waals surface area contributed by atoms with Crippen molar-refractivity contribution in [2.75, 3.05) is 26.8 Å². The molecule has 1 aliphatic rings. The molecule has 0 saturated heterocycles. The third kappa shape index (κ3) is 5.67. The van der Waals surface area contributed by atoms with Crippen LogP contribution in [0.25, 0.3) is 0 Å². The molecule has 0 radical (unpaired) electrons. The summed E-state index contributed by atoms with van der Waals surface area (Å²) < 4.78 is 27.1. The molecule has 3 aromatic rings. The lowest BCUT2D eigenvalue weighted by Gasteiger charge is -2.21. The van der Waals surface area contributed by atoms with Gasteiger partial charge in [0.05, 0.1) is 13.2 Å². The predicted octanol–water partition coefficient (Wildman–Crippen LogP) is 2.74. The van der Waals surface area contributed by atoms with Gasteiger partial charge in [-0.1, -0.05) is 18.2 Å². The van der Waals surface area contributed by atoms with Crippen molar-refractivity contribution in [1.29, 1.82) is 0 Å². The number of methoxy groups -OCH3 is 1. The molecule has 1 atom stereocenters. The number of ether oxygens (including phenoxy) is 2. The van der Waals surface area contributed by atoms with Gasteiger partial charge < -0.3 is 19.4 Å². The zero-order valence-electron chi connectivity index (χ0n) is 18.8. The van der Waals surface area contributed by atoms with Crippen LogP contribution in [0, 0.1) is 5.82 Å². The van der Waals surface area contributed by atoms with E-state index < -0.39 is 0 Å². The first-order valence-corrected chi connectivity index (χ1v) is 11.0. The van der Waals surface area contributed by atoms with Gasteiger partial charge in [0, 0.05) is 38.2 Å². The maximum absolute atomic E-state index is 14.3. The van der Waals surface area contributed by atoms with Crippen molar-refractivity contribution in [2.45, 2.75) is 32.5 Å². The lowest BCUT2D eigenvalue weighted by atomic mass is 10.2. The molecule has 0 aliphatic carbocycles. The highest BCUT2D eigenvalue weighted by Crippen LogP contribution is 2.20. The quantitative estimate of drug-likeness (QED) is 0.565. The van der Waals surface area contributed by atoms with E-state index in [1.165, 1.54) is 6.07 Å². The van der Waals surface area contributed by atoms with Gasteiger partial charge in [-0.05, 0) is 37.3 Å². The van der Waals surface area contributed by atoms with Crippen LogP contribution < -0.4 is 14.8 Å². The second-order valence-corrected chi connectivity index (χ2v) is 8.00.